The molecule has 1 aromatic rings. The number of ether oxygens (including phenoxy) is 1. The zero-order valence-corrected chi connectivity index (χ0v) is 9.46. The Labute approximate surface area is 90.0 Å². The van der Waals surface area contributed by atoms with Gasteiger partial charge in [0.2, 0.25) is 0 Å². The number of benzene rings is 1. The van der Waals surface area contributed by atoms with Gasteiger partial charge in [0.05, 0.1) is 17.8 Å². The first-order valence-electron chi connectivity index (χ1n) is 4.98. The van der Waals surface area contributed by atoms with E-state index in [4.69, 9.17) is 4.74 Å². The van der Waals surface area contributed by atoms with Crippen LogP contribution in [-0.4, -0.2) is 21.3 Å². The molecule has 0 heterocycles. The molecule has 3 nitrogen and oxygen atoms in total. The number of hydrogen-bond acceptors (Lipinski definition) is 3. The van der Waals surface area contributed by atoms with Crippen molar-refractivity contribution < 1.29 is 13.2 Å². The van der Waals surface area contributed by atoms with Crippen molar-refractivity contribution in [3.05, 3.63) is 24.3 Å². The van der Waals surface area contributed by atoms with Gasteiger partial charge in [0.15, 0.2) is 9.84 Å². The molecule has 0 aromatic heterocycles. The molecule has 1 aliphatic rings. The van der Waals surface area contributed by atoms with Crippen LogP contribution in [0, 0.1) is 5.92 Å². The molecule has 0 unspecified atom stereocenters. The highest BCUT2D eigenvalue weighted by molar-refractivity contribution is 7.91. The van der Waals surface area contributed by atoms with Crippen molar-refractivity contribution in [2.75, 3.05) is 12.9 Å². The third-order valence-corrected chi connectivity index (χ3v) is 4.43. The molecule has 15 heavy (non-hydrogen) atoms. The van der Waals surface area contributed by atoms with Crippen LogP contribution in [-0.2, 0) is 9.84 Å². The van der Waals surface area contributed by atoms with Crippen molar-refractivity contribution in [2.24, 2.45) is 5.92 Å². The molecule has 1 saturated carbocycles. The number of hydrogen-bond donors (Lipinski definition) is 0. The van der Waals surface area contributed by atoms with Crippen LogP contribution in [0.4, 0.5) is 0 Å². The second-order valence-corrected chi connectivity index (χ2v) is 5.94. The molecule has 0 aliphatic heterocycles. The maximum absolute atomic E-state index is 11.9. The molecule has 0 saturated heterocycles. The molecule has 0 radical (unpaired) electrons. The first-order valence-corrected chi connectivity index (χ1v) is 6.64. The smallest absolute Gasteiger partial charge is 0.178 e. The van der Waals surface area contributed by atoms with Gasteiger partial charge in [-0.2, -0.15) is 0 Å². The molecule has 2 rings (SSSR count). The Kier molecular flexibility index (Phi) is 2.69. The molecule has 82 valence electrons. The van der Waals surface area contributed by atoms with Crippen LogP contribution in [0.2, 0.25) is 0 Å². The normalized spacial score (nSPS) is 16.3. The summed E-state index contributed by atoms with van der Waals surface area (Å²) < 4.78 is 28.8. The van der Waals surface area contributed by atoms with E-state index in [1.807, 2.05) is 0 Å². The molecular weight excluding hydrogens is 212 g/mol. The summed E-state index contributed by atoms with van der Waals surface area (Å²) in [7, 11) is -1.58. The number of rotatable bonds is 4. The van der Waals surface area contributed by atoms with Crippen LogP contribution in [0.5, 0.6) is 5.75 Å². The topological polar surface area (TPSA) is 43.4 Å². The minimum atomic E-state index is -3.11. The summed E-state index contributed by atoms with van der Waals surface area (Å²) in [6, 6.07) is 6.66. The summed E-state index contributed by atoms with van der Waals surface area (Å²) >= 11 is 0. The van der Waals surface area contributed by atoms with Gasteiger partial charge >= 0.3 is 0 Å². The second kappa shape index (κ2) is 3.85. The summed E-state index contributed by atoms with van der Waals surface area (Å²) in [5, 5.41) is 0. The minimum absolute atomic E-state index is 0.278. The van der Waals surface area contributed by atoms with Gasteiger partial charge in [-0.05, 0) is 37.0 Å². The third kappa shape index (κ3) is 2.50. The number of methoxy groups -OCH3 is 1. The molecule has 0 N–H and O–H groups in total. The standard InChI is InChI=1S/C11H14O3S/c1-14-10-3-2-4-11(7-10)15(12,13)8-9-5-6-9/h2-4,7,9H,5-6,8H2,1H3. The van der Waals surface area contributed by atoms with E-state index in [0.29, 0.717) is 16.6 Å². The first kappa shape index (κ1) is 10.5. The van der Waals surface area contributed by atoms with E-state index in [1.165, 1.54) is 7.11 Å². The molecule has 0 bridgehead atoms. The molecule has 1 aromatic carbocycles. The Morgan fingerprint density at radius 1 is 1.40 bits per heavy atom. The third-order valence-electron chi connectivity index (χ3n) is 2.55. The van der Waals surface area contributed by atoms with Gasteiger partial charge in [-0.25, -0.2) is 8.42 Å². The highest BCUT2D eigenvalue weighted by atomic mass is 32.2. The summed E-state index contributed by atoms with van der Waals surface area (Å²) in [6.07, 6.45) is 2.09. The molecule has 4 heteroatoms. The first-order chi connectivity index (χ1) is 7.12. The largest absolute Gasteiger partial charge is 0.497 e. The van der Waals surface area contributed by atoms with Crippen LogP contribution in [0.25, 0.3) is 0 Å². The molecule has 0 spiro atoms. The van der Waals surface area contributed by atoms with Gasteiger partial charge in [0.1, 0.15) is 5.75 Å². The Bertz CT molecular complexity index is 447. The molecule has 0 amide bonds. The molecular formula is C11H14O3S. The van der Waals surface area contributed by atoms with E-state index in [0.717, 1.165) is 12.8 Å². The van der Waals surface area contributed by atoms with Crippen molar-refractivity contribution >= 4 is 9.84 Å². The average molecular weight is 226 g/mol. The average Bonchev–Trinajstić information content (AvgIpc) is 3.01. The van der Waals surface area contributed by atoms with E-state index in [-0.39, 0.29) is 5.75 Å². The summed E-state index contributed by atoms with van der Waals surface area (Å²) in [6.45, 7) is 0. The van der Waals surface area contributed by atoms with Crippen molar-refractivity contribution in [3.63, 3.8) is 0 Å². The van der Waals surface area contributed by atoms with E-state index in [2.05, 4.69) is 0 Å². The monoisotopic (exact) mass is 226 g/mol. The van der Waals surface area contributed by atoms with Crippen LogP contribution < -0.4 is 4.74 Å². The Morgan fingerprint density at radius 3 is 2.73 bits per heavy atom. The van der Waals surface area contributed by atoms with Crippen molar-refractivity contribution in [2.45, 2.75) is 17.7 Å². The van der Waals surface area contributed by atoms with Crippen LogP contribution >= 0.6 is 0 Å². The van der Waals surface area contributed by atoms with Crippen LogP contribution in [0.3, 0.4) is 0 Å². The Morgan fingerprint density at radius 2 is 2.13 bits per heavy atom. The van der Waals surface area contributed by atoms with E-state index in [1.54, 1.807) is 24.3 Å². The van der Waals surface area contributed by atoms with E-state index < -0.39 is 9.84 Å². The lowest BCUT2D eigenvalue weighted by atomic mass is 10.3. The fourth-order valence-corrected chi connectivity index (χ4v) is 3.21. The predicted octanol–water partition coefficient (Wildman–Crippen LogP) is 1.88. The zero-order valence-electron chi connectivity index (χ0n) is 8.64. The Balaban J connectivity index is 2.26. The highest BCUT2D eigenvalue weighted by Gasteiger charge is 2.29. The van der Waals surface area contributed by atoms with Gasteiger partial charge < -0.3 is 4.74 Å². The molecule has 0 atom stereocenters. The minimum Gasteiger partial charge on any atom is -0.497 e. The lowest BCUT2D eigenvalue weighted by molar-refractivity contribution is 0.413. The molecule has 1 fully saturated rings. The van der Waals surface area contributed by atoms with E-state index >= 15 is 0 Å². The van der Waals surface area contributed by atoms with Crippen molar-refractivity contribution in [1.82, 2.24) is 0 Å². The Hall–Kier alpha value is -1.03. The zero-order chi connectivity index (χ0) is 10.9. The lowest BCUT2D eigenvalue weighted by Gasteiger charge is -2.05. The van der Waals surface area contributed by atoms with Gasteiger partial charge in [0.25, 0.3) is 0 Å². The fraction of sp³-hybridized carbons (Fsp3) is 0.455. The second-order valence-electron chi connectivity index (χ2n) is 3.90. The summed E-state index contributed by atoms with van der Waals surface area (Å²) in [5.41, 5.74) is 0. The fourth-order valence-electron chi connectivity index (χ4n) is 1.49. The van der Waals surface area contributed by atoms with Gasteiger partial charge in [-0.1, -0.05) is 6.07 Å². The maximum atomic E-state index is 11.9. The van der Waals surface area contributed by atoms with Crippen LogP contribution in [0.1, 0.15) is 12.8 Å². The van der Waals surface area contributed by atoms with Crippen molar-refractivity contribution in [3.8, 4) is 5.75 Å². The van der Waals surface area contributed by atoms with Crippen LogP contribution in [0.15, 0.2) is 29.2 Å². The van der Waals surface area contributed by atoms with Gasteiger partial charge in [0, 0.05) is 0 Å². The SMILES string of the molecule is COc1cccc(S(=O)(=O)CC2CC2)c1. The highest BCUT2D eigenvalue weighted by Crippen LogP contribution is 2.32. The lowest BCUT2D eigenvalue weighted by Crippen LogP contribution is -2.08. The predicted molar refractivity (Wildman–Crippen MR) is 57.8 cm³/mol. The quantitative estimate of drug-likeness (QED) is 0.787. The van der Waals surface area contributed by atoms with Gasteiger partial charge in [-0.3, -0.25) is 0 Å². The number of sulfone groups is 1. The van der Waals surface area contributed by atoms with Crippen molar-refractivity contribution in [1.29, 1.82) is 0 Å². The maximum Gasteiger partial charge on any atom is 0.178 e. The molecule has 1 aliphatic carbocycles. The summed E-state index contributed by atoms with van der Waals surface area (Å²) in [4.78, 5) is 0.369. The summed E-state index contributed by atoms with van der Waals surface area (Å²) in [5.74, 6) is 1.24. The van der Waals surface area contributed by atoms with Gasteiger partial charge in [-0.15, -0.1) is 0 Å². The van der Waals surface area contributed by atoms with E-state index in [9.17, 15) is 8.42 Å².